The van der Waals surface area contributed by atoms with Crippen LogP contribution in [0.1, 0.15) is 17.3 Å². The summed E-state index contributed by atoms with van der Waals surface area (Å²) in [6, 6.07) is 3.38. The zero-order valence-corrected chi connectivity index (χ0v) is 12.5. The molecule has 1 atom stereocenters. The van der Waals surface area contributed by atoms with Crippen molar-refractivity contribution in [1.29, 1.82) is 0 Å². The van der Waals surface area contributed by atoms with Crippen LogP contribution in [0.5, 0.6) is 17.2 Å². The van der Waals surface area contributed by atoms with E-state index in [2.05, 4.69) is 0 Å². The predicted molar refractivity (Wildman–Crippen MR) is 75.0 cm³/mol. The van der Waals surface area contributed by atoms with Gasteiger partial charge in [0.15, 0.2) is 5.52 Å². The summed E-state index contributed by atoms with van der Waals surface area (Å²) < 4.78 is 15.6. The molecular formula is C12H17LiO4P. The van der Waals surface area contributed by atoms with E-state index in [1.165, 1.54) is 14.2 Å². The summed E-state index contributed by atoms with van der Waals surface area (Å²) in [6.07, 6.45) is 0.817. The van der Waals surface area contributed by atoms with Crippen LogP contribution in [-0.2, 0) is 0 Å². The molecule has 1 aromatic rings. The fraction of sp³-hybridized carbons (Fsp3) is 0.417. The summed E-state index contributed by atoms with van der Waals surface area (Å²) in [7, 11) is 4.84. The molecule has 0 saturated heterocycles. The Kier molecular flexibility index (Phi) is 8.11. The van der Waals surface area contributed by atoms with Crippen molar-refractivity contribution in [3.05, 3.63) is 17.7 Å². The molecule has 0 aliphatic carbocycles. The van der Waals surface area contributed by atoms with Gasteiger partial charge in [0, 0.05) is 31.0 Å². The number of carbonyl (C=O) groups is 1. The molecule has 0 spiro atoms. The first-order valence-electron chi connectivity index (χ1n) is 5.26. The number of methoxy groups -OCH3 is 3. The summed E-state index contributed by atoms with van der Waals surface area (Å²) in [5, 5.41) is 0. The van der Waals surface area contributed by atoms with Crippen LogP contribution in [0.15, 0.2) is 12.1 Å². The van der Waals surface area contributed by atoms with Gasteiger partial charge in [-0.3, -0.25) is 4.79 Å². The van der Waals surface area contributed by atoms with Crippen molar-refractivity contribution < 1.29 is 19.0 Å². The smallest absolute Gasteiger partial charge is 0.188 e. The maximum absolute atomic E-state index is 12.0. The molecule has 0 amide bonds. The monoisotopic (exact) mass is 263 g/mol. The number of hydrogen-bond donors (Lipinski definition) is 0. The molecule has 1 rings (SSSR count). The first kappa shape index (κ1) is 17.3. The van der Waals surface area contributed by atoms with Crippen LogP contribution in [0.25, 0.3) is 0 Å². The molecule has 1 aromatic carbocycles. The Morgan fingerprint density at radius 3 is 1.94 bits per heavy atom. The minimum atomic E-state index is 0. The van der Waals surface area contributed by atoms with E-state index in [1.54, 1.807) is 19.2 Å². The van der Waals surface area contributed by atoms with Crippen molar-refractivity contribution in [3.63, 3.8) is 0 Å². The Morgan fingerprint density at radius 2 is 1.61 bits per heavy atom. The van der Waals surface area contributed by atoms with Gasteiger partial charge in [0.2, 0.25) is 0 Å². The van der Waals surface area contributed by atoms with Crippen LogP contribution in [0.2, 0.25) is 0 Å². The quantitative estimate of drug-likeness (QED) is 0.583. The predicted octanol–water partition coefficient (Wildman–Crippen LogP) is 2.17. The number of hydrogen-bond acceptors (Lipinski definition) is 4. The normalized spacial score (nSPS) is 10.0. The third kappa shape index (κ3) is 3.92. The van der Waals surface area contributed by atoms with Crippen molar-refractivity contribution in [2.24, 2.45) is 0 Å². The van der Waals surface area contributed by atoms with Gasteiger partial charge in [-0.15, -0.1) is 0 Å². The van der Waals surface area contributed by atoms with Crippen molar-refractivity contribution in [2.75, 3.05) is 27.5 Å². The molecule has 0 N–H and O–H groups in total. The SMILES string of the molecule is CCPC(=O)c1c(OC)cc(OC)cc1OC.[Li]. The number of benzene rings is 1. The molecule has 0 bridgehead atoms. The van der Waals surface area contributed by atoms with Crippen molar-refractivity contribution in [2.45, 2.75) is 6.92 Å². The van der Waals surface area contributed by atoms with Gasteiger partial charge in [-0.25, -0.2) is 0 Å². The second kappa shape index (κ2) is 8.42. The molecule has 0 aliphatic rings. The van der Waals surface area contributed by atoms with Crippen LogP contribution >= 0.6 is 8.58 Å². The molecule has 0 fully saturated rings. The van der Waals surface area contributed by atoms with Gasteiger partial charge >= 0.3 is 0 Å². The zero-order chi connectivity index (χ0) is 12.8. The molecule has 95 valence electrons. The number of rotatable bonds is 6. The van der Waals surface area contributed by atoms with Crippen molar-refractivity contribution in [3.8, 4) is 17.2 Å². The Labute approximate surface area is 121 Å². The fourth-order valence-corrected chi connectivity index (χ4v) is 2.22. The molecule has 0 heterocycles. The average molecular weight is 263 g/mol. The standard InChI is InChI=1S/C12H17O4P.Li/c1-5-17-12(13)11-9(15-3)6-8(14-2)7-10(11)16-4;/h6-7,17H,5H2,1-4H3;. The Balaban J connectivity index is 0.00000289. The Bertz CT molecular complexity index is 384. The minimum Gasteiger partial charge on any atom is -0.496 e. The van der Waals surface area contributed by atoms with E-state index in [0.717, 1.165) is 6.16 Å². The molecule has 6 heteroatoms. The van der Waals surface area contributed by atoms with Gasteiger partial charge in [-0.2, -0.15) is 0 Å². The molecule has 1 radical (unpaired) electrons. The van der Waals surface area contributed by atoms with E-state index in [-0.39, 0.29) is 33.0 Å². The Morgan fingerprint density at radius 1 is 1.11 bits per heavy atom. The van der Waals surface area contributed by atoms with Gasteiger partial charge in [0.1, 0.15) is 22.8 Å². The van der Waals surface area contributed by atoms with Gasteiger partial charge in [-0.05, 0) is 14.7 Å². The van der Waals surface area contributed by atoms with E-state index in [0.29, 0.717) is 22.8 Å². The van der Waals surface area contributed by atoms with Crippen LogP contribution < -0.4 is 14.2 Å². The number of carbonyl (C=O) groups excluding carboxylic acids is 1. The summed E-state index contributed by atoms with van der Waals surface area (Å²) in [4.78, 5) is 12.0. The van der Waals surface area contributed by atoms with Gasteiger partial charge in [0.25, 0.3) is 0 Å². The van der Waals surface area contributed by atoms with Gasteiger partial charge < -0.3 is 14.2 Å². The molecule has 0 aromatic heterocycles. The maximum Gasteiger partial charge on any atom is 0.188 e. The third-order valence-corrected chi connectivity index (χ3v) is 3.20. The molecule has 4 nitrogen and oxygen atoms in total. The summed E-state index contributed by atoms with van der Waals surface area (Å²) in [5.41, 5.74) is 0.542. The van der Waals surface area contributed by atoms with E-state index >= 15 is 0 Å². The maximum atomic E-state index is 12.0. The first-order valence-corrected chi connectivity index (χ1v) is 6.46. The van der Waals surface area contributed by atoms with E-state index < -0.39 is 0 Å². The van der Waals surface area contributed by atoms with Crippen LogP contribution in [-0.4, -0.2) is 51.9 Å². The third-order valence-electron chi connectivity index (χ3n) is 2.28. The number of ether oxygens (including phenoxy) is 3. The summed E-state index contributed by atoms with van der Waals surface area (Å²) in [5.74, 6) is 1.59. The van der Waals surface area contributed by atoms with Crippen LogP contribution in [0.3, 0.4) is 0 Å². The summed E-state index contributed by atoms with van der Waals surface area (Å²) >= 11 is 0. The van der Waals surface area contributed by atoms with Crippen molar-refractivity contribution in [1.82, 2.24) is 0 Å². The molecular weight excluding hydrogens is 246 g/mol. The van der Waals surface area contributed by atoms with Crippen molar-refractivity contribution >= 4 is 33.0 Å². The van der Waals surface area contributed by atoms with Gasteiger partial charge in [0.05, 0.1) is 21.3 Å². The van der Waals surface area contributed by atoms with Gasteiger partial charge in [-0.1, -0.05) is 6.92 Å². The van der Waals surface area contributed by atoms with Crippen LogP contribution in [0.4, 0.5) is 0 Å². The van der Waals surface area contributed by atoms with E-state index in [9.17, 15) is 4.79 Å². The largest absolute Gasteiger partial charge is 0.496 e. The van der Waals surface area contributed by atoms with Crippen LogP contribution in [0, 0.1) is 0 Å². The molecule has 18 heavy (non-hydrogen) atoms. The molecule has 0 aliphatic heterocycles. The average Bonchev–Trinajstić information content (AvgIpc) is 2.37. The fourth-order valence-electron chi connectivity index (χ4n) is 1.48. The Hall–Kier alpha value is -0.683. The van der Waals surface area contributed by atoms with E-state index in [1.807, 2.05) is 6.92 Å². The molecule has 0 saturated carbocycles. The second-order valence-electron chi connectivity index (χ2n) is 3.27. The van der Waals surface area contributed by atoms with E-state index in [4.69, 9.17) is 14.2 Å². The zero-order valence-electron chi connectivity index (χ0n) is 11.5. The topological polar surface area (TPSA) is 44.8 Å². The minimum absolute atomic E-state index is 0. The summed E-state index contributed by atoms with van der Waals surface area (Å²) in [6.45, 7) is 1.97. The first-order chi connectivity index (χ1) is 8.17. The molecule has 1 unspecified atom stereocenters. The second-order valence-corrected chi connectivity index (χ2v) is 4.78.